The smallest absolute Gasteiger partial charge is 0.234 e. The molecule has 17 heavy (non-hydrogen) atoms. The number of hydrogen-bond donors (Lipinski definition) is 2. The summed E-state index contributed by atoms with van der Waals surface area (Å²) in [5.74, 6) is 0.00531. The third-order valence-electron chi connectivity index (χ3n) is 2.71. The molecule has 1 heterocycles. The fraction of sp³-hybridized carbons (Fsp3) is 0.900. The van der Waals surface area contributed by atoms with Crippen molar-refractivity contribution in [2.24, 2.45) is 0 Å². The van der Waals surface area contributed by atoms with E-state index in [2.05, 4.69) is 10.6 Å². The Morgan fingerprint density at radius 1 is 1.47 bits per heavy atom. The fourth-order valence-corrected chi connectivity index (χ4v) is 3.96. The second-order valence-corrected chi connectivity index (χ2v) is 6.80. The van der Waals surface area contributed by atoms with Gasteiger partial charge in [-0.2, -0.15) is 0 Å². The van der Waals surface area contributed by atoms with Crippen LogP contribution in [0.5, 0.6) is 0 Å². The van der Waals surface area contributed by atoms with Gasteiger partial charge in [0.15, 0.2) is 9.84 Å². The van der Waals surface area contributed by atoms with Gasteiger partial charge >= 0.3 is 0 Å². The van der Waals surface area contributed by atoms with Crippen LogP contribution in [0.15, 0.2) is 0 Å². The van der Waals surface area contributed by atoms with Crippen LogP contribution in [0.3, 0.4) is 0 Å². The van der Waals surface area contributed by atoms with Gasteiger partial charge in [0.2, 0.25) is 5.91 Å². The number of hydrogen-bond acceptors (Lipinski definition) is 5. The summed E-state index contributed by atoms with van der Waals surface area (Å²) in [6.45, 7) is 3.08. The number of ether oxygens (including phenoxy) is 1. The second kappa shape index (κ2) is 5.79. The van der Waals surface area contributed by atoms with Gasteiger partial charge < -0.3 is 15.4 Å². The number of carbonyl (C=O) groups is 1. The zero-order valence-electron chi connectivity index (χ0n) is 10.3. The van der Waals surface area contributed by atoms with Crippen molar-refractivity contribution in [2.45, 2.75) is 18.9 Å². The summed E-state index contributed by atoms with van der Waals surface area (Å²) in [6.07, 6.45) is 0.485. The number of nitrogens with one attached hydrogen (secondary N) is 2. The van der Waals surface area contributed by atoms with Crippen molar-refractivity contribution in [3.63, 3.8) is 0 Å². The zero-order chi connectivity index (χ0) is 12.9. The molecule has 1 aliphatic heterocycles. The third-order valence-corrected chi connectivity index (χ3v) is 4.62. The van der Waals surface area contributed by atoms with E-state index in [9.17, 15) is 13.2 Å². The number of carbonyl (C=O) groups excluding carboxylic acids is 1. The number of methoxy groups -OCH3 is 1. The first-order chi connectivity index (χ1) is 7.87. The van der Waals surface area contributed by atoms with Crippen LogP contribution in [-0.4, -0.2) is 58.2 Å². The van der Waals surface area contributed by atoms with Gasteiger partial charge in [-0.25, -0.2) is 8.42 Å². The predicted molar refractivity (Wildman–Crippen MR) is 64.6 cm³/mol. The summed E-state index contributed by atoms with van der Waals surface area (Å²) in [5.41, 5.74) is -0.612. The second-order valence-electron chi connectivity index (χ2n) is 4.62. The molecule has 6 nitrogen and oxygen atoms in total. The molecule has 0 aromatic heterocycles. The van der Waals surface area contributed by atoms with Gasteiger partial charge in [-0.05, 0) is 13.3 Å². The minimum absolute atomic E-state index is 0.0316. The Bertz CT molecular complexity index is 369. The molecule has 1 atom stereocenters. The van der Waals surface area contributed by atoms with E-state index in [4.69, 9.17) is 4.74 Å². The molecule has 1 rings (SSSR count). The first-order valence-corrected chi connectivity index (χ1v) is 7.40. The molecule has 0 spiro atoms. The molecule has 1 amide bonds. The van der Waals surface area contributed by atoms with E-state index in [1.807, 2.05) is 0 Å². The maximum atomic E-state index is 11.6. The zero-order valence-corrected chi connectivity index (χ0v) is 11.1. The van der Waals surface area contributed by atoms with Crippen molar-refractivity contribution >= 4 is 15.7 Å². The van der Waals surface area contributed by atoms with E-state index in [1.54, 1.807) is 14.0 Å². The van der Waals surface area contributed by atoms with Crippen LogP contribution in [0.2, 0.25) is 0 Å². The lowest BCUT2D eigenvalue weighted by Crippen LogP contribution is -2.50. The van der Waals surface area contributed by atoms with E-state index >= 15 is 0 Å². The topological polar surface area (TPSA) is 84.5 Å². The first-order valence-electron chi connectivity index (χ1n) is 5.58. The molecule has 7 heteroatoms. The van der Waals surface area contributed by atoms with E-state index < -0.39 is 15.4 Å². The number of rotatable bonds is 6. The van der Waals surface area contributed by atoms with Crippen LogP contribution < -0.4 is 10.6 Å². The van der Waals surface area contributed by atoms with E-state index in [0.717, 1.165) is 0 Å². The maximum Gasteiger partial charge on any atom is 0.234 e. The first kappa shape index (κ1) is 14.4. The number of sulfone groups is 1. The molecular formula is C10H20N2O4S. The van der Waals surface area contributed by atoms with Crippen molar-refractivity contribution in [3.05, 3.63) is 0 Å². The average Bonchev–Trinajstić information content (AvgIpc) is 2.47. The molecule has 1 saturated heterocycles. The SMILES string of the molecule is COCCNCC(=O)NC1(C)CCS(=O)(=O)C1. The van der Waals surface area contributed by atoms with Gasteiger partial charge in [-0.3, -0.25) is 4.79 Å². The summed E-state index contributed by atoms with van der Waals surface area (Å²) in [4.78, 5) is 11.6. The largest absolute Gasteiger partial charge is 0.383 e. The summed E-state index contributed by atoms with van der Waals surface area (Å²) in [7, 11) is -1.39. The minimum atomic E-state index is -2.98. The summed E-state index contributed by atoms with van der Waals surface area (Å²) >= 11 is 0. The Kier molecular flexibility index (Phi) is 4.91. The van der Waals surface area contributed by atoms with Gasteiger partial charge in [0.25, 0.3) is 0 Å². The van der Waals surface area contributed by atoms with Crippen molar-refractivity contribution in [1.29, 1.82) is 0 Å². The highest BCUT2D eigenvalue weighted by molar-refractivity contribution is 7.91. The van der Waals surface area contributed by atoms with Crippen LogP contribution in [0.4, 0.5) is 0 Å². The van der Waals surface area contributed by atoms with Crippen LogP contribution in [-0.2, 0) is 19.4 Å². The fourth-order valence-electron chi connectivity index (χ4n) is 1.87. The molecule has 1 unspecified atom stereocenters. The van der Waals surface area contributed by atoms with E-state index in [1.165, 1.54) is 0 Å². The highest BCUT2D eigenvalue weighted by Crippen LogP contribution is 2.22. The van der Waals surface area contributed by atoms with Crippen LogP contribution >= 0.6 is 0 Å². The summed E-state index contributed by atoms with van der Waals surface area (Å²) in [6, 6.07) is 0. The Hall–Kier alpha value is -0.660. The Labute approximate surface area is 102 Å². The molecule has 0 aromatic carbocycles. The van der Waals surface area contributed by atoms with Gasteiger partial charge in [-0.15, -0.1) is 0 Å². The lowest BCUT2D eigenvalue weighted by molar-refractivity contribution is -0.121. The van der Waals surface area contributed by atoms with Crippen LogP contribution in [0.25, 0.3) is 0 Å². The van der Waals surface area contributed by atoms with Crippen molar-refractivity contribution < 1.29 is 17.9 Å². The highest BCUT2D eigenvalue weighted by atomic mass is 32.2. The molecule has 0 radical (unpaired) electrons. The normalized spacial score (nSPS) is 26.9. The lowest BCUT2D eigenvalue weighted by atomic mass is 10.0. The maximum absolute atomic E-state index is 11.6. The molecule has 100 valence electrons. The van der Waals surface area contributed by atoms with Crippen LogP contribution in [0.1, 0.15) is 13.3 Å². The van der Waals surface area contributed by atoms with Crippen LogP contribution in [0, 0.1) is 0 Å². The molecule has 1 fully saturated rings. The summed E-state index contributed by atoms with van der Waals surface area (Å²) in [5, 5.41) is 5.68. The number of amides is 1. The predicted octanol–water partition coefficient (Wildman–Crippen LogP) is -1.08. The lowest BCUT2D eigenvalue weighted by Gasteiger charge is -2.23. The molecule has 1 aliphatic rings. The minimum Gasteiger partial charge on any atom is -0.383 e. The van der Waals surface area contributed by atoms with Crippen molar-refractivity contribution in [3.8, 4) is 0 Å². The molecule has 0 bridgehead atoms. The quantitative estimate of drug-likeness (QED) is 0.596. The molecule has 2 N–H and O–H groups in total. The Morgan fingerprint density at radius 2 is 2.18 bits per heavy atom. The van der Waals surface area contributed by atoms with Crippen molar-refractivity contribution in [2.75, 3.05) is 38.3 Å². The monoisotopic (exact) mass is 264 g/mol. The third kappa shape index (κ3) is 5.01. The van der Waals surface area contributed by atoms with Crippen molar-refractivity contribution in [1.82, 2.24) is 10.6 Å². The van der Waals surface area contributed by atoms with Gasteiger partial charge in [-0.1, -0.05) is 0 Å². The molecular weight excluding hydrogens is 244 g/mol. The van der Waals surface area contributed by atoms with Gasteiger partial charge in [0.1, 0.15) is 0 Å². The Morgan fingerprint density at radius 3 is 2.71 bits per heavy atom. The molecule has 0 saturated carbocycles. The molecule has 0 aromatic rings. The van der Waals surface area contributed by atoms with E-state index in [0.29, 0.717) is 19.6 Å². The highest BCUT2D eigenvalue weighted by Gasteiger charge is 2.39. The molecule has 0 aliphatic carbocycles. The van der Waals surface area contributed by atoms with Gasteiger partial charge in [0, 0.05) is 13.7 Å². The van der Waals surface area contributed by atoms with E-state index in [-0.39, 0.29) is 24.0 Å². The van der Waals surface area contributed by atoms with Gasteiger partial charge in [0.05, 0.1) is 30.2 Å². The summed E-state index contributed by atoms with van der Waals surface area (Å²) < 4.78 is 27.5. The average molecular weight is 264 g/mol. The Balaban J connectivity index is 2.31. The standard InChI is InChI=1S/C10H20N2O4S/c1-10(3-6-17(14,15)8-10)12-9(13)7-11-4-5-16-2/h11H,3-8H2,1-2H3,(H,12,13).